The first-order valence-corrected chi connectivity index (χ1v) is 9.15. The lowest BCUT2D eigenvalue weighted by molar-refractivity contribution is -0.141. The van der Waals surface area contributed by atoms with Gasteiger partial charge in [0.2, 0.25) is 17.7 Å². The second-order valence-corrected chi connectivity index (χ2v) is 7.62. The van der Waals surface area contributed by atoms with E-state index in [1.807, 2.05) is 4.90 Å². The maximum atomic E-state index is 12.5. The summed E-state index contributed by atoms with van der Waals surface area (Å²) in [6.45, 7) is 5.38. The molecule has 5 heteroatoms. The van der Waals surface area contributed by atoms with E-state index in [0.29, 0.717) is 12.0 Å². The summed E-state index contributed by atoms with van der Waals surface area (Å²) in [7, 11) is 0. The van der Waals surface area contributed by atoms with Crippen LogP contribution in [0, 0.1) is 17.8 Å². The fourth-order valence-electron chi connectivity index (χ4n) is 4.60. The lowest BCUT2D eigenvalue weighted by atomic mass is 9.81. The van der Waals surface area contributed by atoms with Crippen LogP contribution in [0.25, 0.3) is 0 Å². The SMILES string of the molecule is CC(C)C1CCCN1C(=O)CCN1C(=O)C2CCCCC2C1=O. The summed E-state index contributed by atoms with van der Waals surface area (Å²) < 4.78 is 0. The minimum Gasteiger partial charge on any atom is -0.339 e. The molecule has 0 bridgehead atoms. The van der Waals surface area contributed by atoms with Crippen molar-refractivity contribution < 1.29 is 14.4 Å². The minimum absolute atomic E-state index is 0.0330. The van der Waals surface area contributed by atoms with Crippen LogP contribution in [-0.4, -0.2) is 46.7 Å². The molecule has 2 aliphatic heterocycles. The first-order chi connectivity index (χ1) is 11.0. The molecule has 3 aliphatic rings. The van der Waals surface area contributed by atoms with E-state index in [1.54, 1.807) is 0 Å². The van der Waals surface area contributed by atoms with E-state index in [1.165, 1.54) is 4.90 Å². The predicted octanol–water partition coefficient (Wildman–Crippen LogP) is 2.20. The summed E-state index contributed by atoms with van der Waals surface area (Å²) in [5, 5.41) is 0. The molecule has 0 aromatic heterocycles. The van der Waals surface area contributed by atoms with Crippen LogP contribution in [0.2, 0.25) is 0 Å². The van der Waals surface area contributed by atoms with Crippen molar-refractivity contribution >= 4 is 17.7 Å². The van der Waals surface area contributed by atoms with Gasteiger partial charge in [0.05, 0.1) is 11.8 Å². The van der Waals surface area contributed by atoms with Gasteiger partial charge in [-0.2, -0.15) is 0 Å². The Hall–Kier alpha value is -1.39. The Morgan fingerprint density at radius 1 is 1.04 bits per heavy atom. The van der Waals surface area contributed by atoms with Gasteiger partial charge in [0.15, 0.2) is 0 Å². The molecule has 3 amide bonds. The standard InChI is InChI=1S/C18H28N2O3/c1-12(2)15-8-5-10-19(15)16(21)9-11-20-17(22)13-6-3-4-7-14(13)18(20)23/h12-15H,3-11H2,1-2H3. The van der Waals surface area contributed by atoms with Gasteiger partial charge >= 0.3 is 0 Å². The molecule has 0 spiro atoms. The normalized spacial score (nSPS) is 31.2. The molecule has 128 valence electrons. The molecule has 2 heterocycles. The third-order valence-electron chi connectivity index (χ3n) is 5.87. The van der Waals surface area contributed by atoms with Crippen molar-refractivity contribution in [3.05, 3.63) is 0 Å². The Morgan fingerprint density at radius 3 is 2.22 bits per heavy atom. The average Bonchev–Trinajstić information content (AvgIpc) is 3.11. The topological polar surface area (TPSA) is 57.7 Å². The van der Waals surface area contributed by atoms with E-state index in [0.717, 1.165) is 45.1 Å². The Morgan fingerprint density at radius 2 is 1.65 bits per heavy atom. The number of imide groups is 1. The number of hydrogen-bond donors (Lipinski definition) is 0. The second kappa shape index (κ2) is 6.62. The quantitative estimate of drug-likeness (QED) is 0.746. The third-order valence-corrected chi connectivity index (χ3v) is 5.87. The van der Waals surface area contributed by atoms with Crippen molar-refractivity contribution in [2.45, 2.75) is 64.8 Å². The summed E-state index contributed by atoms with van der Waals surface area (Å²) in [6, 6.07) is 0.315. The number of amides is 3. The molecule has 5 nitrogen and oxygen atoms in total. The van der Waals surface area contributed by atoms with Crippen LogP contribution in [0.4, 0.5) is 0 Å². The number of likely N-dealkylation sites (tertiary alicyclic amines) is 2. The van der Waals surface area contributed by atoms with Gasteiger partial charge in [-0.1, -0.05) is 26.7 Å². The summed E-state index contributed by atoms with van der Waals surface area (Å²) in [4.78, 5) is 40.7. The summed E-state index contributed by atoms with van der Waals surface area (Å²) in [6.07, 6.45) is 6.14. The van der Waals surface area contributed by atoms with Crippen LogP contribution in [0.5, 0.6) is 0 Å². The van der Waals surface area contributed by atoms with Crippen molar-refractivity contribution in [1.82, 2.24) is 9.80 Å². The molecular formula is C18H28N2O3. The van der Waals surface area contributed by atoms with Crippen LogP contribution in [0.3, 0.4) is 0 Å². The number of nitrogens with zero attached hydrogens (tertiary/aromatic N) is 2. The Balaban J connectivity index is 1.58. The van der Waals surface area contributed by atoms with Crippen molar-refractivity contribution in [3.8, 4) is 0 Å². The number of rotatable bonds is 4. The van der Waals surface area contributed by atoms with E-state index in [-0.39, 0.29) is 42.5 Å². The van der Waals surface area contributed by atoms with Gasteiger partial charge in [-0.3, -0.25) is 19.3 Å². The number of carbonyl (C=O) groups is 3. The molecule has 0 N–H and O–H groups in total. The molecule has 23 heavy (non-hydrogen) atoms. The Labute approximate surface area is 138 Å². The summed E-state index contributed by atoms with van der Waals surface area (Å²) >= 11 is 0. The van der Waals surface area contributed by atoms with Gasteiger partial charge in [-0.05, 0) is 31.6 Å². The summed E-state index contributed by atoms with van der Waals surface area (Å²) in [5.74, 6) is 0.266. The maximum absolute atomic E-state index is 12.5. The van der Waals surface area contributed by atoms with Crippen molar-refractivity contribution in [2.24, 2.45) is 17.8 Å². The van der Waals surface area contributed by atoms with Gasteiger partial charge in [-0.15, -0.1) is 0 Å². The smallest absolute Gasteiger partial charge is 0.233 e. The molecular weight excluding hydrogens is 292 g/mol. The Kier molecular flexibility index (Phi) is 4.74. The van der Waals surface area contributed by atoms with Crippen LogP contribution in [0.15, 0.2) is 0 Å². The van der Waals surface area contributed by atoms with Gasteiger partial charge in [-0.25, -0.2) is 0 Å². The average molecular weight is 320 g/mol. The molecule has 3 fully saturated rings. The zero-order chi connectivity index (χ0) is 16.6. The predicted molar refractivity (Wildman–Crippen MR) is 86.4 cm³/mol. The van der Waals surface area contributed by atoms with Crippen LogP contribution in [0.1, 0.15) is 58.8 Å². The molecule has 0 aromatic carbocycles. The van der Waals surface area contributed by atoms with Gasteiger partial charge in [0, 0.05) is 25.6 Å². The van der Waals surface area contributed by atoms with Gasteiger partial charge < -0.3 is 4.90 Å². The lowest BCUT2D eigenvalue weighted by Crippen LogP contribution is -2.41. The second-order valence-electron chi connectivity index (χ2n) is 7.62. The largest absolute Gasteiger partial charge is 0.339 e. The minimum atomic E-state index is -0.110. The van der Waals surface area contributed by atoms with Crippen LogP contribution in [-0.2, 0) is 14.4 Å². The highest BCUT2D eigenvalue weighted by atomic mass is 16.2. The molecule has 3 atom stereocenters. The molecule has 2 saturated heterocycles. The van der Waals surface area contributed by atoms with Crippen molar-refractivity contribution in [1.29, 1.82) is 0 Å². The summed E-state index contributed by atoms with van der Waals surface area (Å²) in [5.41, 5.74) is 0. The Bertz CT molecular complexity index is 478. The van der Waals surface area contributed by atoms with E-state index < -0.39 is 0 Å². The first-order valence-electron chi connectivity index (χ1n) is 9.15. The highest BCUT2D eigenvalue weighted by molar-refractivity contribution is 6.05. The van der Waals surface area contributed by atoms with Gasteiger partial charge in [0.25, 0.3) is 0 Å². The molecule has 3 unspecified atom stereocenters. The number of carbonyl (C=O) groups excluding carboxylic acids is 3. The van der Waals surface area contributed by atoms with Crippen LogP contribution >= 0.6 is 0 Å². The molecule has 1 saturated carbocycles. The molecule has 0 aromatic rings. The maximum Gasteiger partial charge on any atom is 0.233 e. The van der Waals surface area contributed by atoms with E-state index >= 15 is 0 Å². The highest BCUT2D eigenvalue weighted by Crippen LogP contribution is 2.38. The van der Waals surface area contributed by atoms with Crippen molar-refractivity contribution in [3.63, 3.8) is 0 Å². The van der Waals surface area contributed by atoms with Crippen LogP contribution < -0.4 is 0 Å². The monoisotopic (exact) mass is 320 g/mol. The number of hydrogen-bond acceptors (Lipinski definition) is 3. The van der Waals surface area contributed by atoms with Gasteiger partial charge in [0.1, 0.15) is 0 Å². The van der Waals surface area contributed by atoms with E-state index in [4.69, 9.17) is 0 Å². The number of fused-ring (bicyclic) bond motifs is 1. The third kappa shape index (κ3) is 3.02. The molecule has 3 rings (SSSR count). The van der Waals surface area contributed by atoms with E-state index in [9.17, 15) is 14.4 Å². The zero-order valence-corrected chi connectivity index (χ0v) is 14.3. The molecule has 0 radical (unpaired) electrons. The fourth-order valence-corrected chi connectivity index (χ4v) is 4.60. The lowest BCUT2D eigenvalue weighted by Gasteiger charge is -2.28. The molecule has 1 aliphatic carbocycles. The van der Waals surface area contributed by atoms with Crippen molar-refractivity contribution in [2.75, 3.05) is 13.1 Å². The first kappa shape index (κ1) is 16.5. The highest BCUT2D eigenvalue weighted by Gasteiger charge is 2.48. The van der Waals surface area contributed by atoms with E-state index in [2.05, 4.69) is 13.8 Å². The fraction of sp³-hybridized carbons (Fsp3) is 0.833. The zero-order valence-electron chi connectivity index (χ0n) is 14.3.